The smallest absolute Gasteiger partial charge is 0.349 e. The van der Waals surface area contributed by atoms with Gasteiger partial charge in [0.2, 0.25) is 0 Å². The van der Waals surface area contributed by atoms with E-state index in [0.717, 1.165) is 11.1 Å². The Labute approximate surface area is 174 Å². The number of urea groups is 1. The third kappa shape index (κ3) is 6.49. The quantitative estimate of drug-likeness (QED) is 0.432. The Hall–Kier alpha value is -4.12. The predicted octanol–water partition coefficient (Wildman–Crippen LogP) is 3.11. The number of hydrogen-bond acceptors (Lipinski definition) is 6. The van der Waals surface area contributed by atoms with E-state index in [1.807, 2.05) is 26.0 Å². The second kappa shape index (κ2) is 10.4. The molecule has 0 radical (unpaired) electrons. The van der Waals surface area contributed by atoms with Gasteiger partial charge in [-0.3, -0.25) is 10.1 Å². The Kier molecular flexibility index (Phi) is 7.71. The zero-order valence-electron chi connectivity index (χ0n) is 16.8. The van der Waals surface area contributed by atoms with Gasteiger partial charge in [-0.15, -0.1) is 0 Å². The van der Waals surface area contributed by atoms with Crippen molar-refractivity contribution >= 4 is 29.7 Å². The molecule has 30 heavy (non-hydrogen) atoms. The van der Waals surface area contributed by atoms with Crippen LogP contribution in [0.4, 0.5) is 10.5 Å². The van der Waals surface area contributed by atoms with Crippen molar-refractivity contribution in [1.29, 1.82) is 5.26 Å². The van der Waals surface area contributed by atoms with Crippen molar-refractivity contribution in [3.63, 3.8) is 0 Å². The molecule has 0 aliphatic rings. The Bertz CT molecular complexity index is 1040. The highest BCUT2D eigenvalue weighted by molar-refractivity contribution is 6.03. The number of rotatable bonds is 6. The normalized spacial score (nSPS) is 10.5. The molecule has 0 aromatic heterocycles. The minimum atomic E-state index is -0.981. The summed E-state index contributed by atoms with van der Waals surface area (Å²) in [6.07, 6.45) is 1.32. The molecule has 8 heteroatoms. The number of anilines is 1. The molecule has 0 atom stereocenters. The molecule has 0 saturated carbocycles. The summed E-state index contributed by atoms with van der Waals surface area (Å²) in [7, 11) is 1.50. The average molecular weight is 407 g/mol. The summed E-state index contributed by atoms with van der Waals surface area (Å²) < 4.78 is 9.91. The van der Waals surface area contributed by atoms with Crippen molar-refractivity contribution in [3.8, 4) is 11.8 Å². The largest absolute Gasteiger partial charge is 0.497 e. The number of hydrogen-bond donors (Lipinski definition) is 2. The van der Waals surface area contributed by atoms with Gasteiger partial charge in [-0.25, -0.2) is 9.59 Å². The summed E-state index contributed by atoms with van der Waals surface area (Å²) in [4.78, 5) is 35.9. The monoisotopic (exact) mass is 407 g/mol. The van der Waals surface area contributed by atoms with E-state index in [9.17, 15) is 19.6 Å². The van der Waals surface area contributed by atoms with E-state index in [1.54, 1.807) is 36.4 Å². The van der Waals surface area contributed by atoms with Crippen molar-refractivity contribution in [3.05, 3.63) is 64.7 Å². The molecule has 2 aromatic carbocycles. The summed E-state index contributed by atoms with van der Waals surface area (Å²) in [6.45, 7) is 3.04. The molecule has 0 saturated heterocycles. The van der Waals surface area contributed by atoms with Crippen LogP contribution in [0.25, 0.3) is 6.08 Å². The number of methoxy groups -OCH3 is 1. The standard InChI is InChI=1S/C22H21N3O5/c1-14-7-8-19(15(2)9-14)24-22(28)25-20(26)13-30-21(27)17(12-23)10-16-5-4-6-18(11-16)29-3/h4-11H,13H2,1-3H3,(H2,24,25,26,28)/b17-10+. The molecule has 0 spiro atoms. The topological polar surface area (TPSA) is 118 Å². The molecule has 0 aliphatic heterocycles. The van der Waals surface area contributed by atoms with Gasteiger partial charge in [0, 0.05) is 5.69 Å². The number of imide groups is 1. The highest BCUT2D eigenvalue weighted by Crippen LogP contribution is 2.16. The van der Waals surface area contributed by atoms with E-state index < -0.39 is 24.5 Å². The SMILES string of the molecule is COc1cccc(/C=C(\C#N)C(=O)OCC(=O)NC(=O)Nc2ccc(C)cc2C)c1. The number of esters is 1. The summed E-state index contributed by atoms with van der Waals surface area (Å²) in [6, 6.07) is 13.1. The van der Waals surface area contributed by atoms with Crippen LogP contribution in [0.2, 0.25) is 0 Å². The van der Waals surface area contributed by atoms with Gasteiger partial charge in [-0.1, -0.05) is 29.8 Å². The van der Waals surface area contributed by atoms with E-state index in [4.69, 9.17) is 9.47 Å². The molecule has 2 rings (SSSR count). The van der Waals surface area contributed by atoms with Crippen LogP contribution in [0.3, 0.4) is 0 Å². The highest BCUT2D eigenvalue weighted by Gasteiger charge is 2.15. The summed E-state index contributed by atoms with van der Waals surface area (Å²) in [5.41, 5.74) is 2.69. The first-order valence-corrected chi connectivity index (χ1v) is 8.93. The molecule has 0 aliphatic carbocycles. The Morgan fingerprint density at radius 3 is 2.57 bits per heavy atom. The molecule has 8 nitrogen and oxygen atoms in total. The summed E-state index contributed by atoms with van der Waals surface area (Å²) in [5, 5.41) is 13.8. The molecule has 3 amide bonds. The van der Waals surface area contributed by atoms with Crippen LogP contribution >= 0.6 is 0 Å². The molecule has 0 fully saturated rings. The molecule has 154 valence electrons. The van der Waals surface area contributed by atoms with Gasteiger partial charge in [0.1, 0.15) is 17.4 Å². The number of amides is 3. The predicted molar refractivity (Wildman–Crippen MR) is 111 cm³/mol. The lowest BCUT2D eigenvalue weighted by Crippen LogP contribution is -2.37. The molecule has 0 heterocycles. The Morgan fingerprint density at radius 1 is 1.13 bits per heavy atom. The lowest BCUT2D eigenvalue weighted by molar-refractivity contribution is -0.144. The maximum absolute atomic E-state index is 12.1. The lowest BCUT2D eigenvalue weighted by atomic mass is 10.1. The van der Waals surface area contributed by atoms with Crippen molar-refractivity contribution in [2.75, 3.05) is 19.0 Å². The number of nitriles is 1. The van der Waals surface area contributed by atoms with Gasteiger partial charge in [-0.05, 0) is 49.2 Å². The first kappa shape index (κ1) is 22.2. The van der Waals surface area contributed by atoms with Gasteiger partial charge in [0.15, 0.2) is 6.61 Å². The van der Waals surface area contributed by atoms with Crippen LogP contribution in [-0.4, -0.2) is 31.6 Å². The first-order chi connectivity index (χ1) is 14.3. The van der Waals surface area contributed by atoms with Crippen LogP contribution < -0.4 is 15.4 Å². The van der Waals surface area contributed by atoms with Gasteiger partial charge in [0.05, 0.1) is 7.11 Å². The zero-order valence-corrected chi connectivity index (χ0v) is 16.8. The van der Waals surface area contributed by atoms with Crippen LogP contribution in [0.15, 0.2) is 48.0 Å². The van der Waals surface area contributed by atoms with E-state index in [2.05, 4.69) is 10.6 Å². The van der Waals surface area contributed by atoms with Crippen LogP contribution in [-0.2, 0) is 14.3 Å². The van der Waals surface area contributed by atoms with Crippen molar-refractivity contribution in [2.45, 2.75) is 13.8 Å². The van der Waals surface area contributed by atoms with E-state index in [1.165, 1.54) is 13.2 Å². The summed E-state index contributed by atoms with van der Waals surface area (Å²) in [5.74, 6) is -1.25. The maximum Gasteiger partial charge on any atom is 0.349 e. The van der Waals surface area contributed by atoms with Crippen LogP contribution in [0.1, 0.15) is 16.7 Å². The number of aryl methyl sites for hydroxylation is 2. The minimum absolute atomic E-state index is 0.296. The molecule has 2 N–H and O–H groups in total. The fourth-order valence-corrected chi connectivity index (χ4v) is 2.51. The molecular formula is C22H21N3O5. The number of ether oxygens (including phenoxy) is 2. The number of nitrogens with zero attached hydrogens (tertiary/aromatic N) is 1. The number of benzene rings is 2. The fourth-order valence-electron chi connectivity index (χ4n) is 2.51. The maximum atomic E-state index is 12.1. The zero-order chi connectivity index (χ0) is 22.1. The number of carbonyl (C=O) groups is 3. The summed E-state index contributed by atoms with van der Waals surface area (Å²) >= 11 is 0. The first-order valence-electron chi connectivity index (χ1n) is 8.93. The van der Waals surface area contributed by atoms with Crippen molar-refractivity contribution in [1.82, 2.24) is 5.32 Å². The number of nitrogens with one attached hydrogen (secondary N) is 2. The Balaban J connectivity index is 1.90. The second-order valence-electron chi connectivity index (χ2n) is 6.34. The highest BCUT2D eigenvalue weighted by atomic mass is 16.5. The third-order valence-corrected chi connectivity index (χ3v) is 3.96. The van der Waals surface area contributed by atoms with Crippen molar-refractivity contribution < 1.29 is 23.9 Å². The van der Waals surface area contributed by atoms with E-state index >= 15 is 0 Å². The average Bonchev–Trinajstić information content (AvgIpc) is 2.72. The van der Waals surface area contributed by atoms with Crippen molar-refractivity contribution in [2.24, 2.45) is 0 Å². The number of carbonyl (C=O) groups excluding carboxylic acids is 3. The van der Waals surface area contributed by atoms with Gasteiger partial charge in [0.25, 0.3) is 5.91 Å². The third-order valence-electron chi connectivity index (χ3n) is 3.96. The van der Waals surface area contributed by atoms with Crippen LogP contribution in [0, 0.1) is 25.2 Å². The molecule has 2 aromatic rings. The van der Waals surface area contributed by atoms with Gasteiger partial charge >= 0.3 is 12.0 Å². The minimum Gasteiger partial charge on any atom is -0.497 e. The molecular weight excluding hydrogens is 386 g/mol. The van der Waals surface area contributed by atoms with Gasteiger partial charge < -0.3 is 14.8 Å². The van der Waals surface area contributed by atoms with E-state index in [0.29, 0.717) is 17.0 Å². The second-order valence-corrected chi connectivity index (χ2v) is 6.34. The van der Waals surface area contributed by atoms with Crippen LogP contribution in [0.5, 0.6) is 5.75 Å². The molecule has 0 bridgehead atoms. The van der Waals surface area contributed by atoms with E-state index in [-0.39, 0.29) is 5.57 Å². The lowest BCUT2D eigenvalue weighted by Gasteiger charge is -2.10. The van der Waals surface area contributed by atoms with Gasteiger partial charge in [-0.2, -0.15) is 5.26 Å². The fraction of sp³-hybridized carbons (Fsp3) is 0.182. The molecule has 0 unspecified atom stereocenters. The Morgan fingerprint density at radius 2 is 1.90 bits per heavy atom.